The molecule has 0 aromatic heterocycles. The second-order valence-electron chi connectivity index (χ2n) is 7.13. The standard InChI is InChI=1S/C19H26N2O3.CH4.2H2S/c1-13(2)10-17(24-12-14-6-4-3-5-7-14)19(23)21-9-8-15-18(21)16(22)11-20-15;;;/h3-7,13,15,17-18,20H,8-12H2,1-2H3;1H4;2*1H2/t15-,17+,18+;;;/m1.../s1. The van der Waals surface area contributed by atoms with Crippen molar-refractivity contribution in [3.05, 3.63) is 35.9 Å². The van der Waals surface area contributed by atoms with Gasteiger partial charge in [-0.15, -0.1) is 0 Å². The Labute approximate surface area is 177 Å². The predicted molar refractivity (Wildman–Crippen MR) is 119 cm³/mol. The molecule has 1 N–H and O–H groups in total. The Bertz CT molecular complexity index is 598. The third kappa shape index (κ3) is 6.24. The zero-order chi connectivity index (χ0) is 17.1. The first-order valence-electron chi connectivity index (χ1n) is 8.78. The van der Waals surface area contributed by atoms with Crippen molar-refractivity contribution in [1.82, 2.24) is 10.2 Å². The van der Waals surface area contributed by atoms with Crippen LogP contribution in [0, 0.1) is 5.92 Å². The van der Waals surface area contributed by atoms with Gasteiger partial charge in [-0.3, -0.25) is 9.59 Å². The summed E-state index contributed by atoms with van der Waals surface area (Å²) in [4.78, 5) is 26.9. The topological polar surface area (TPSA) is 58.6 Å². The highest BCUT2D eigenvalue weighted by molar-refractivity contribution is 7.59. The molecule has 1 aromatic carbocycles. The van der Waals surface area contributed by atoms with E-state index >= 15 is 0 Å². The lowest BCUT2D eigenvalue weighted by molar-refractivity contribution is -0.148. The van der Waals surface area contributed by atoms with E-state index in [0.717, 1.165) is 12.0 Å². The minimum Gasteiger partial charge on any atom is -0.364 e. The summed E-state index contributed by atoms with van der Waals surface area (Å²) < 4.78 is 5.97. The fourth-order valence-electron chi connectivity index (χ4n) is 3.61. The van der Waals surface area contributed by atoms with Crippen LogP contribution in [0.2, 0.25) is 0 Å². The molecular formula is C20H34N2O3S2. The SMILES string of the molecule is C.CC(C)C[C@H](OCc1ccccc1)C(=O)N1CC[C@H]2NCC(=O)[C@H]21.S.S. The monoisotopic (exact) mass is 414 g/mol. The van der Waals surface area contributed by atoms with Gasteiger partial charge in [-0.2, -0.15) is 27.0 Å². The molecule has 2 fully saturated rings. The van der Waals surface area contributed by atoms with E-state index in [1.165, 1.54) is 0 Å². The minimum absolute atomic E-state index is 0. The smallest absolute Gasteiger partial charge is 0.252 e. The molecule has 27 heavy (non-hydrogen) atoms. The van der Waals surface area contributed by atoms with Gasteiger partial charge < -0.3 is 15.0 Å². The number of carbonyl (C=O) groups excluding carboxylic acids is 2. The summed E-state index contributed by atoms with van der Waals surface area (Å²) in [5.74, 6) is 0.437. The number of amides is 1. The van der Waals surface area contributed by atoms with Crippen molar-refractivity contribution in [2.75, 3.05) is 13.1 Å². The second-order valence-corrected chi connectivity index (χ2v) is 7.13. The molecule has 0 unspecified atom stereocenters. The molecule has 0 saturated carbocycles. The molecule has 0 bridgehead atoms. The van der Waals surface area contributed by atoms with Crippen LogP contribution >= 0.6 is 27.0 Å². The van der Waals surface area contributed by atoms with Gasteiger partial charge in [0.05, 0.1) is 13.2 Å². The molecule has 1 aromatic rings. The van der Waals surface area contributed by atoms with Crippen molar-refractivity contribution in [3.63, 3.8) is 0 Å². The largest absolute Gasteiger partial charge is 0.364 e. The zero-order valence-corrected chi connectivity index (χ0v) is 17.4. The van der Waals surface area contributed by atoms with Gasteiger partial charge in [0.1, 0.15) is 12.1 Å². The highest BCUT2D eigenvalue weighted by atomic mass is 32.1. The molecule has 0 spiro atoms. The summed E-state index contributed by atoms with van der Waals surface area (Å²) in [7, 11) is 0. The average molecular weight is 415 g/mol. The molecule has 7 heteroatoms. The lowest BCUT2D eigenvalue weighted by atomic mass is 10.0. The summed E-state index contributed by atoms with van der Waals surface area (Å²) in [6, 6.07) is 9.70. The quantitative estimate of drug-likeness (QED) is 0.777. The van der Waals surface area contributed by atoms with E-state index in [-0.39, 0.29) is 58.2 Å². The number of rotatable bonds is 6. The fraction of sp³-hybridized carbons (Fsp3) is 0.600. The molecule has 2 aliphatic heterocycles. The number of Topliss-reactive ketones (excluding diaryl/α,β-unsaturated/α-hetero) is 1. The van der Waals surface area contributed by atoms with Crippen molar-refractivity contribution in [3.8, 4) is 0 Å². The molecule has 0 radical (unpaired) electrons. The van der Waals surface area contributed by atoms with Crippen molar-refractivity contribution >= 4 is 38.7 Å². The molecule has 0 aliphatic carbocycles. The van der Waals surface area contributed by atoms with Crippen LogP contribution in [0.1, 0.15) is 39.7 Å². The molecular weight excluding hydrogens is 380 g/mol. The molecule has 3 atom stereocenters. The van der Waals surface area contributed by atoms with Gasteiger partial charge in [0.2, 0.25) is 0 Å². The van der Waals surface area contributed by atoms with Gasteiger partial charge in [0.15, 0.2) is 5.78 Å². The number of likely N-dealkylation sites (tertiary alicyclic amines) is 1. The van der Waals surface area contributed by atoms with Crippen LogP contribution in [-0.2, 0) is 20.9 Å². The number of carbonyl (C=O) groups is 2. The van der Waals surface area contributed by atoms with Gasteiger partial charge in [-0.25, -0.2) is 0 Å². The number of fused-ring (bicyclic) bond motifs is 1. The van der Waals surface area contributed by atoms with Gasteiger partial charge in [0.25, 0.3) is 5.91 Å². The van der Waals surface area contributed by atoms with Crippen LogP contribution in [0.4, 0.5) is 0 Å². The third-order valence-electron chi connectivity index (χ3n) is 4.80. The maximum absolute atomic E-state index is 13.0. The summed E-state index contributed by atoms with van der Waals surface area (Å²) >= 11 is 0. The zero-order valence-electron chi connectivity index (χ0n) is 15.4. The Morgan fingerprint density at radius 3 is 2.56 bits per heavy atom. The van der Waals surface area contributed by atoms with Crippen LogP contribution in [0.15, 0.2) is 30.3 Å². The van der Waals surface area contributed by atoms with Gasteiger partial charge in [-0.1, -0.05) is 51.6 Å². The number of benzene rings is 1. The Morgan fingerprint density at radius 2 is 1.93 bits per heavy atom. The first-order chi connectivity index (χ1) is 11.6. The number of ether oxygens (including phenoxy) is 1. The summed E-state index contributed by atoms with van der Waals surface area (Å²) in [6.07, 6.45) is 1.02. The molecule has 2 saturated heterocycles. The van der Waals surface area contributed by atoms with E-state index < -0.39 is 6.10 Å². The van der Waals surface area contributed by atoms with E-state index in [2.05, 4.69) is 19.2 Å². The van der Waals surface area contributed by atoms with Gasteiger partial charge >= 0.3 is 0 Å². The highest BCUT2D eigenvalue weighted by Gasteiger charge is 2.46. The number of nitrogens with one attached hydrogen (secondary N) is 1. The molecule has 3 rings (SSSR count). The van der Waals surface area contributed by atoms with Crippen LogP contribution in [-0.4, -0.2) is 47.9 Å². The van der Waals surface area contributed by atoms with Crippen LogP contribution in [0.25, 0.3) is 0 Å². The normalized spacial score (nSPS) is 21.7. The lowest BCUT2D eigenvalue weighted by Crippen LogP contribution is -2.47. The summed E-state index contributed by atoms with van der Waals surface area (Å²) in [5.41, 5.74) is 1.05. The summed E-state index contributed by atoms with van der Waals surface area (Å²) in [5, 5.41) is 3.21. The van der Waals surface area contributed by atoms with Crippen molar-refractivity contribution < 1.29 is 14.3 Å². The second kappa shape index (κ2) is 11.7. The fourth-order valence-corrected chi connectivity index (χ4v) is 3.61. The van der Waals surface area contributed by atoms with Gasteiger partial charge in [-0.05, 0) is 24.3 Å². The molecule has 2 aliphatic rings. The van der Waals surface area contributed by atoms with Crippen molar-refractivity contribution in [2.24, 2.45) is 5.92 Å². The number of hydrogen-bond donors (Lipinski definition) is 1. The maximum atomic E-state index is 13.0. The number of nitrogens with zero attached hydrogens (tertiary/aromatic N) is 1. The third-order valence-corrected chi connectivity index (χ3v) is 4.80. The van der Waals surface area contributed by atoms with E-state index in [1.807, 2.05) is 30.3 Å². The Balaban J connectivity index is 0.00000225. The Morgan fingerprint density at radius 1 is 1.26 bits per heavy atom. The molecule has 5 nitrogen and oxygen atoms in total. The van der Waals surface area contributed by atoms with E-state index in [9.17, 15) is 9.59 Å². The van der Waals surface area contributed by atoms with Crippen LogP contribution in [0.5, 0.6) is 0 Å². The summed E-state index contributed by atoms with van der Waals surface area (Å²) in [6.45, 7) is 5.59. The number of ketones is 1. The van der Waals surface area contributed by atoms with Crippen molar-refractivity contribution in [1.29, 1.82) is 0 Å². The molecule has 1 amide bonds. The highest BCUT2D eigenvalue weighted by Crippen LogP contribution is 2.25. The molecule has 154 valence electrons. The Kier molecular flexibility index (Phi) is 11.3. The van der Waals surface area contributed by atoms with E-state index in [0.29, 0.717) is 32.0 Å². The lowest BCUT2D eigenvalue weighted by Gasteiger charge is -2.28. The van der Waals surface area contributed by atoms with E-state index in [4.69, 9.17) is 4.74 Å². The Hall–Kier alpha value is -1.02. The van der Waals surface area contributed by atoms with Crippen molar-refractivity contribution in [2.45, 2.75) is 58.9 Å². The van der Waals surface area contributed by atoms with E-state index in [1.54, 1.807) is 4.90 Å². The average Bonchev–Trinajstić information content (AvgIpc) is 3.15. The first-order valence-corrected chi connectivity index (χ1v) is 8.78. The van der Waals surface area contributed by atoms with Gasteiger partial charge in [0, 0.05) is 12.6 Å². The predicted octanol–water partition coefficient (Wildman–Crippen LogP) is 2.62. The first kappa shape index (κ1) is 26.0. The maximum Gasteiger partial charge on any atom is 0.252 e. The van der Waals surface area contributed by atoms with Crippen LogP contribution in [0.3, 0.4) is 0 Å². The minimum atomic E-state index is -0.489. The molecule has 2 heterocycles. The number of hydrogen-bond acceptors (Lipinski definition) is 4. The van der Waals surface area contributed by atoms with Crippen LogP contribution < -0.4 is 5.32 Å².